The van der Waals surface area contributed by atoms with Crippen LogP contribution in [0.3, 0.4) is 0 Å². The molecule has 0 spiro atoms. The van der Waals surface area contributed by atoms with E-state index in [0.717, 1.165) is 12.1 Å². The molecule has 1 aromatic carbocycles. The Morgan fingerprint density at radius 3 is 2.90 bits per heavy atom. The highest BCUT2D eigenvalue weighted by molar-refractivity contribution is 5.38. The Morgan fingerprint density at radius 2 is 2.25 bits per heavy atom. The number of benzene rings is 1. The van der Waals surface area contributed by atoms with Crippen LogP contribution in [-0.2, 0) is 6.61 Å². The van der Waals surface area contributed by atoms with Crippen molar-refractivity contribution in [2.45, 2.75) is 6.61 Å². The zero-order valence-corrected chi connectivity index (χ0v) is 10.1. The second kappa shape index (κ2) is 5.75. The van der Waals surface area contributed by atoms with Crippen molar-refractivity contribution in [2.24, 2.45) is 0 Å². The Balaban J connectivity index is 2.14. The standard InChI is InChI=1S/C13H8FN3O3/c14-11-6-10(3-4-13(11)17(18)19)20-8-9-2-1-5-16-12(9)7-15/h1-6H,8H2. The minimum atomic E-state index is -0.973. The van der Waals surface area contributed by atoms with Crippen molar-refractivity contribution in [1.29, 1.82) is 5.26 Å². The quantitative estimate of drug-likeness (QED) is 0.630. The number of nitrogens with zero attached hydrogens (tertiary/aromatic N) is 3. The lowest BCUT2D eigenvalue weighted by molar-refractivity contribution is -0.387. The number of hydrogen-bond donors (Lipinski definition) is 0. The third kappa shape index (κ3) is 2.87. The maximum Gasteiger partial charge on any atom is 0.305 e. The summed E-state index contributed by atoms with van der Waals surface area (Å²) in [5, 5.41) is 19.3. The van der Waals surface area contributed by atoms with E-state index in [2.05, 4.69) is 4.98 Å². The first-order valence-electron chi connectivity index (χ1n) is 5.52. The first-order chi connectivity index (χ1) is 9.61. The zero-order valence-electron chi connectivity index (χ0n) is 10.1. The minimum Gasteiger partial charge on any atom is -0.489 e. The molecular weight excluding hydrogens is 265 g/mol. The Morgan fingerprint density at radius 1 is 1.45 bits per heavy atom. The smallest absolute Gasteiger partial charge is 0.305 e. The number of hydrogen-bond acceptors (Lipinski definition) is 5. The lowest BCUT2D eigenvalue weighted by Gasteiger charge is -2.07. The van der Waals surface area contributed by atoms with E-state index in [9.17, 15) is 14.5 Å². The SMILES string of the molecule is N#Cc1ncccc1COc1ccc([N+](=O)[O-])c(F)c1. The average Bonchev–Trinajstić information content (AvgIpc) is 2.45. The first kappa shape index (κ1) is 13.4. The molecule has 0 atom stereocenters. The van der Waals surface area contributed by atoms with Gasteiger partial charge in [-0.15, -0.1) is 0 Å². The Bertz CT molecular complexity index is 698. The highest BCUT2D eigenvalue weighted by Crippen LogP contribution is 2.23. The molecule has 0 amide bonds. The Hall–Kier alpha value is -3.01. The summed E-state index contributed by atoms with van der Waals surface area (Å²) in [6, 6.07) is 8.47. The average molecular weight is 273 g/mol. The molecule has 0 saturated carbocycles. The van der Waals surface area contributed by atoms with Crippen LogP contribution >= 0.6 is 0 Å². The van der Waals surface area contributed by atoms with Gasteiger partial charge in [-0.3, -0.25) is 10.1 Å². The highest BCUT2D eigenvalue weighted by atomic mass is 19.1. The molecule has 20 heavy (non-hydrogen) atoms. The van der Waals surface area contributed by atoms with E-state index >= 15 is 0 Å². The first-order valence-corrected chi connectivity index (χ1v) is 5.52. The van der Waals surface area contributed by atoms with Gasteiger partial charge in [0.05, 0.1) is 4.92 Å². The van der Waals surface area contributed by atoms with Gasteiger partial charge in [0.2, 0.25) is 5.82 Å². The van der Waals surface area contributed by atoms with Gasteiger partial charge in [0.1, 0.15) is 24.1 Å². The van der Waals surface area contributed by atoms with Crippen LogP contribution in [-0.4, -0.2) is 9.91 Å². The van der Waals surface area contributed by atoms with Gasteiger partial charge in [0, 0.05) is 23.9 Å². The molecule has 100 valence electrons. The van der Waals surface area contributed by atoms with Crippen molar-refractivity contribution in [1.82, 2.24) is 4.98 Å². The van der Waals surface area contributed by atoms with Gasteiger partial charge >= 0.3 is 5.69 Å². The number of nitro benzene ring substituents is 1. The molecule has 0 saturated heterocycles. The zero-order chi connectivity index (χ0) is 14.5. The Labute approximate surface area is 113 Å². The monoisotopic (exact) mass is 273 g/mol. The van der Waals surface area contributed by atoms with Gasteiger partial charge in [-0.1, -0.05) is 6.07 Å². The van der Waals surface area contributed by atoms with Crippen LogP contribution in [0.1, 0.15) is 11.3 Å². The number of ether oxygens (including phenoxy) is 1. The summed E-state index contributed by atoms with van der Waals surface area (Å²) in [4.78, 5) is 13.5. The number of halogens is 1. The lowest BCUT2D eigenvalue weighted by atomic mass is 10.2. The van der Waals surface area contributed by atoms with E-state index in [0.29, 0.717) is 5.56 Å². The molecule has 0 aliphatic rings. The van der Waals surface area contributed by atoms with E-state index in [4.69, 9.17) is 10.00 Å². The molecular formula is C13H8FN3O3. The molecule has 6 nitrogen and oxygen atoms in total. The fraction of sp³-hybridized carbons (Fsp3) is 0.0769. The van der Waals surface area contributed by atoms with Crippen molar-refractivity contribution in [3.05, 3.63) is 63.7 Å². The number of rotatable bonds is 4. The lowest BCUT2D eigenvalue weighted by Crippen LogP contribution is -2.00. The second-order valence-electron chi connectivity index (χ2n) is 3.78. The van der Waals surface area contributed by atoms with E-state index < -0.39 is 16.4 Å². The van der Waals surface area contributed by atoms with Crippen LogP contribution in [0.25, 0.3) is 0 Å². The maximum atomic E-state index is 13.4. The van der Waals surface area contributed by atoms with Crippen LogP contribution in [0.15, 0.2) is 36.5 Å². The third-order valence-electron chi connectivity index (χ3n) is 2.51. The number of nitriles is 1. The summed E-state index contributed by atoms with van der Waals surface area (Å²) >= 11 is 0. The maximum absolute atomic E-state index is 13.4. The molecule has 1 aromatic heterocycles. The van der Waals surface area contributed by atoms with E-state index in [1.807, 2.05) is 6.07 Å². The highest BCUT2D eigenvalue weighted by Gasteiger charge is 2.14. The van der Waals surface area contributed by atoms with E-state index in [-0.39, 0.29) is 18.1 Å². The summed E-state index contributed by atoms with van der Waals surface area (Å²) < 4.78 is 18.7. The summed E-state index contributed by atoms with van der Waals surface area (Å²) in [5.74, 6) is -0.833. The summed E-state index contributed by atoms with van der Waals surface area (Å²) in [6.07, 6.45) is 1.48. The van der Waals surface area contributed by atoms with Crippen LogP contribution in [0, 0.1) is 27.3 Å². The van der Waals surface area contributed by atoms with Crippen molar-refractivity contribution < 1.29 is 14.1 Å². The molecule has 0 fully saturated rings. The Kier molecular flexibility index (Phi) is 3.86. The van der Waals surface area contributed by atoms with Crippen LogP contribution in [0.5, 0.6) is 5.75 Å². The van der Waals surface area contributed by atoms with E-state index in [1.54, 1.807) is 12.1 Å². The van der Waals surface area contributed by atoms with Crippen LogP contribution in [0.2, 0.25) is 0 Å². The van der Waals surface area contributed by atoms with Gasteiger partial charge in [0.25, 0.3) is 0 Å². The van der Waals surface area contributed by atoms with Gasteiger partial charge in [-0.05, 0) is 12.1 Å². The fourth-order valence-corrected chi connectivity index (χ4v) is 1.54. The number of pyridine rings is 1. The molecule has 2 rings (SSSR count). The molecule has 0 N–H and O–H groups in total. The molecule has 0 bridgehead atoms. The summed E-state index contributed by atoms with van der Waals surface area (Å²) in [7, 11) is 0. The van der Waals surface area contributed by atoms with Crippen molar-refractivity contribution in [3.63, 3.8) is 0 Å². The third-order valence-corrected chi connectivity index (χ3v) is 2.51. The molecule has 1 heterocycles. The topological polar surface area (TPSA) is 89.0 Å². The summed E-state index contributed by atoms with van der Waals surface area (Å²) in [6.45, 7) is 0.0218. The van der Waals surface area contributed by atoms with Gasteiger partial charge in [-0.25, -0.2) is 4.98 Å². The number of aromatic nitrogens is 1. The minimum absolute atomic E-state index is 0.0218. The molecule has 0 aliphatic heterocycles. The normalized spacial score (nSPS) is 9.80. The molecule has 7 heteroatoms. The molecule has 0 aliphatic carbocycles. The van der Waals surface area contributed by atoms with Crippen molar-refractivity contribution in [2.75, 3.05) is 0 Å². The summed E-state index contributed by atoms with van der Waals surface area (Å²) in [5.41, 5.74) is 0.153. The predicted octanol–water partition coefficient (Wildman–Crippen LogP) is 2.58. The molecule has 2 aromatic rings. The van der Waals surface area contributed by atoms with Crippen molar-refractivity contribution >= 4 is 5.69 Å². The molecule has 0 radical (unpaired) electrons. The van der Waals surface area contributed by atoms with E-state index in [1.165, 1.54) is 12.3 Å². The van der Waals surface area contributed by atoms with Crippen molar-refractivity contribution in [3.8, 4) is 11.8 Å². The predicted molar refractivity (Wildman–Crippen MR) is 66.3 cm³/mol. The second-order valence-corrected chi connectivity index (χ2v) is 3.78. The van der Waals surface area contributed by atoms with Crippen LogP contribution in [0.4, 0.5) is 10.1 Å². The molecule has 0 unspecified atom stereocenters. The number of nitro groups is 1. The fourth-order valence-electron chi connectivity index (χ4n) is 1.54. The largest absolute Gasteiger partial charge is 0.489 e. The van der Waals surface area contributed by atoms with Gasteiger partial charge in [-0.2, -0.15) is 9.65 Å². The van der Waals surface area contributed by atoms with Crippen LogP contribution < -0.4 is 4.74 Å². The van der Waals surface area contributed by atoms with Gasteiger partial charge < -0.3 is 4.74 Å². The van der Waals surface area contributed by atoms with Gasteiger partial charge in [0.15, 0.2) is 0 Å².